The molecule has 5 aromatic rings. The van der Waals surface area contributed by atoms with E-state index < -0.39 is 4.92 Å². The molecule has 6 heteroatoms. The van der Waals surface area contributed by atoms with Crippen molar-refractivity contribution in [3.05, 3.63) is 129 Å². The Morgan fingerprint density at radius 3 is 2.19 bits per heavy atom. The lowest BCUT2D eigenvalue weighted by atomic mass is 10.1. The van der Waals surface area contributed by atoms with Gasteiger partial charge >= 0.3 is 0 Å². The summed E-state index contributed by atoms with van der Waals surface area (Å²) in [5.74, 6) is 0. The number of rotatable bonds is 3. The first-order chi connectivity index (χ1) is 15.6. The van der Waals surface area contributed by atoms with Crippen LogP contribution in [0.25, 0.3) is 27.2 Å². The lowest BCUT2D eigenvalue weighted by Gasteiger charge is -2.07. The van der Waals surface area contributed by atoms with E-state index in [1.807, 2.05) is 66.7 Å². The smallest absolute Gasteiger partial charge is 0.268 e. The molecule has 6 nitrogen and oxygen atoms in total. The van der Waals surface area contributed by atoms with Crippen LogP contribution in [0.5, 0.6) is 0 Å². The molecule has 0 aliphatic heterocycles. The first-order valence-electron chi connectivity index (χ1n) is 10.0. The lowest BCUT2D eigenvalue weighted by molar-refractivity contribution is -0.384. The van der Waals surface area contributed by atoms with E-state index in [2.05, 4.69) is 4.99 Å². The van der Waals surface area contributed by atoms with Crippen molar-refractivity contribution in [2.24, 2.45) is 4.99 Å². The van der Waals surface area contributed by atoms with Crippen molar-refractivity contribution in [3.8, 4) is 5.69 Å². The number of hydrogen-bond acceptors (Lipinski definition) is 4. The van der Waals surface area contributed by atoms with E-state index in [0.29, 0.717) is 16.6 Å². The summed E-state index contributed by atoms with van der Waals surface area (Å²) in [6, 6.07) is 30.7. The van der Waals surface area contributed by atoms with E-state index in [9.17, 15) is 14.9 Å². The number of nitro groups is 1. The third-order valence-corrected chi connectivity index (χ3v) is 5.34. The number of para-hydroxylation sites is 2. The second-order valence-corrected chi connectivity index (χ2v) is 7.31. The number of hydrogen-bond donors (Lipinski definition) is 0. The largest absolute Gasteiger partial charge is 0.294 e. The number of benzene rings is 4. The van der Waals surface area contributed by atoms with Crippen LogP contribution in [-0.2, 0) is 0 Å². The number of fused-ring (bicyclic) bond motifs is 2. The van der Waals surface area contributed by atoms with Crippen molar-refractivity contribution >= 4 is 32.9 Å². The van der Waals surface area contributed by atoms with E-state index in [1.54, 1.807) is 30.3 Å². The Hall–Kier alpha value is -4.58. The van der Waals surface area contributed by atoms with E-state index in [4.69, 9.17) is 0 Å². The van der Waals surface area contributed by atoms with E-state index >= 15 is 0 Å². The summed E-state index contributed by atoms with van der Waals surface area (Å²) >= 11 is 0. The molecule has 1 aromatic heterocycles. The second-order valence-electron chi connectivity index (χ2n) is 7.31. The maximum atomic E-state index is 13.7. The minimum atomic E-state index is -0.475. The third kappa shape index (κ3) is 3.44. The Labute approximate surface area is 182 Å². The van der Waals surface area contributed by atoms with E-state index in [-0.39, 0.29) is 16.9 Å². The fraction of sp³-hybridized carbons (Fsp3) is 0. The summed E-state index contributed by atoms with van der Waals surface area (Å²) in [7, 11) is 0. The van der Waals surface area contributed by atoms with Gasteiger partial charge in [0, 0.05) is 11.5 Å². The van der Waals surface area contributed by atoms with E-state index in [0.717, 1.165) is 16.2 Å². The SMILES string of the molecule is O=c1c2ccccc2ccc(=Nc2ccccc2[N+](=O)[O-])n1-c1ccc2ccccc2c1. The van der Waals surface area contributed by atoms with Crippen LogP contribution in [0.15, 0.2) is 113 Å². The van der Waals surface area contributed by atoms with Gasteiger partial charge < -0.3 is 0 Å². The zero-order valence-electron chi connectivity index (χ0n) is 16.9. The molecule has 32 heavy (non-hydrogen) atoms. The highest BCUT2D eigenvalue weighted by atomic mass is 16.6. The van der Waals surface area contributed by atoms with Crippen molar-refractivity contribution in [1.29, 1.82) is 0 Å². The predicted molar refractivity (Wildman–Crippen MR) is 125 cm³/mol. The molecule has 1 heterocycles. The molecule has 0 saturated carbocycles. The van der Waals surface area contributed by atoms with Crippen molar-refractivity contribution in [2.45, 2.75) is 0 Å². The quantitative estimate of drug-likeness (QED) is 0.295. The monoisotopic (exact) mass is 419 g/mol. The molecule has 4 aromatic carbocycles. The molecule has 154 valence electrons. The number of aromatic nitrogens is 1. The van der Waals surface area contributed by atoms with Crippen LogP contribution >= 0.6 is 0 Å². The average molecular weight is 419 g/mol. The van der Waals surface area contributed by atoms with Gasteiger partial charge in [0.1, 0.15) is 11.2 Å². The van der Waals surface area contributed by atoms with Gasteiger partial charge in [0.15, 0.2) is 0 Å². The Bertz CT molecular complexity index is 1640. The molecular formula is C26H17N3O3. The molecule has 0 atom stereocenters. The summed E-state index contributed by atoms with van der Waals surface area (Å²) in [6.07, 6.45) is 0. The summed E-state index contributed by atoms with van der Waals surface area (Å²) in [6.45, 7) is 0. The summed E-state index contributed by atoms with van der Waals surface area (Å²) < 4.78 is 1.51. The second kappa shape index (κ2) is 7.92. The number of nitrogens with zero attached hydrogens (tertiary/aromatic N) is 3. The van der Waals surface area contributed by atoms with E-state index in [1.165, 1.54) is 10.6 Å². The van der Waals surface area contributed by atoms with Gasteiger partial charge in [-0.1, -0.05) is 66.7 Å². The Balaban J connectivity index is 1.91. The van der Waals surface area contributed by atoms with Crippen LogP contribution in [0.4, 0.5) is 11.4 Å². The highest BCUT2D eigenvalue weighted by Crippen LogP contribution is 2.25. The normalized spacial score (nSPS) is 11.7. The Kier molecular flexibility index (Phi) is 4.80. The lowest BCUT2D eigenvalue weighted by Crippen LogP contribution is -2.28. The zero-order chi connectivity index (χ0) is 22.1. The Morgan fingerprint density at radius 2 is 1.38 bits per heavy atom. The standard InChI is InChI=1S/C26H17N3O3/c30-26-22-10-4-3-8-19(22)14-16-25(27-23-11-5-6-12-24(23)29(31)32)28(26)21-15-13-18-7-1-2-9-20(18)17-21/h1-17H. The fourth-order valence-corrected chi connectivity index (χ4v) is 3.79. The van der Waals surface area contributed by atoms with Crippen LogP contribution in [-0.4, -0.2) is 9.49 Å². The first kappa shape index (κ1) is 19.4. The molecule has 0 N–H and O–H groups in total. The molecule has 5 rings (SSSR count). The third-order valence-electron chi connectivity index (χ3n) is 5.34. The molecule has 0 amide bonds. The Morgan fingerprint density at radius 1 is 0.719 bits per heavy atom. The molecule has 0 saturated heterocycles. The molecule has 0 bridgehead atoms. The minimum Gasteiger partial charge on any atom is -0.268 e. The minimum absolute atomic E-state index is 0.124. The molecule has 0 radical (unpaired) electrons. The van der Waals surface area contributed by atoms with Crippen molar-refractivity contribution in [1.82, 2.24) is 4.57 Å². The molecule has 0 unspecified atom stereocenters. The predicted octanol–water partition coefficient (Wildman–Crippen LogP) is 5.28. The van der Waals surface area contributed by atoms with Crippen LogP contribution in [0.2, 0.25) is 0 Å². The highest BCUT2D eigenvalue weighted by Gasteiger charge is 2.13. The van der Waals surface area contributed by atoms with Gasteiger partial charge in [-0.3, -0.25) is 19.5 Å². The molecular weight excluding hydrogens is 402 g/mol. The van der Waals surface area contributed by atoms with Gasteiger partial charge in [-0.05, 0) is 46.5 Å². The van der Waals surface area contributed by atoms with Crippen molar-refractivity contribution < 1.29 is 4.92 Å². The van der Waals surface area contributed by atoms with Crippen LogP contribution in [0.3, 0.4) is 0 Å². The van der Waals surface area contributed by atoms with Gasteiger partial charge in [0.05, 0.1) is 10.6 Å². The zero-order valence-corrected chi connectivity index (χ0v) is 16.9. The topological polar surface area (TPSA) is 77.5 Å². The summed E-state index contributed by atoms with van der Waals surface area (Å²) in [4.78, 5) is 29.3. The van der Waals surface area contributed by atoms with Gasteiger partial charge in [0.25, 0.3) is 11.2 Å². The van der Waals surface area contributed by atoms with Crippen LogP contribution in [0.1, 0.15) is 0 Å². The molecule has 0 aliphatic rings. The van der Waals surface area contributed by atoms with Crippen LogP contribution < -0.4 is 11.0 Å². The summed E-state index contributed by atoms with van der Waals surface area (Å²) in [5, 5.41) is 14.8. The maximum absolute atomic E-state index is 13.7. The molecule has 0 fully saturated rings. The van der Waals surface area contributed by atoms with Crippen LogP contribution in [0, 0.1) is 10.1 Å². The fourth-order valence-electron chi connectivity index (χ4n) is 3.79. The van der Waals surface area contributed by atoms with Gasteiger partial charge in [0.2, 0.25) is 0 Å². The molecule has 0 aliphatic carbocycles. The molecule has 0 spiro atoms. The highest BCUT2D eigenvalue weighted by molar-refractivity contribution is 5.85. The van der Waals surface area contributed by atoms with Crippen molar-refractivity contribution in [3.63, 3.8) is 0 Å². The maximum Gasteiger partial charge on any atom is 0.294 e. The number of nitro benzene ring substituents is 1. The van der Waals surface area contributed by atoms with Crippen molar-refractivity contribution in [2.75, 3.05) is 0 Å². The summed E-state index contributed by atoms with van der Waals surface area (Å²) in [5.41, 5.74) is 0.740. The first-order valence-corrected chi connectivity index (χ1v) is 10.0. The average Bonchev–Trinajstić information content (AvgIpc) is 2.95. The van der Waals surface area contributed by atoms with Gasteiger partial charge in [-0.25, -0.2) is 4.99 Å². The van der Waals surface area contributed by atoms with Gasteiger partial charge in [-0.15, -0.1) is 0 Å². The van der Waals surface area contributed by atoms with Gasteiger partial charge in [-0.2, -0.15) is 0 Å².